The molecule has 1 aromatic carbocycles. The molecule has 3 amide bonds. The van der Waals surface area contributed by atoms with Crippen LogP contribution in [-0.2, 0) is 9.59 Å². The van der Waals surface area contributed by atoms with Crippen LogP contribution in [0.4, 0.5) is 10.5 Å². The lowest BCUT2D eigenvalue weighted by molar-refractivity contribution is -0.141. The second kappa shape index (κ2) is 9.76. The zero-order valence-corrected chi connectivity index (χ0v) is 15.6. The normalized spacial score (nSPS) is 14.1. The maximum absolute atomic E-state index is 11.9. The molecule has 0 bridgehead atoms. The standard InChI is InChI=1S/C18H20BrN3O4/c19-13-6-8-14(9-7-13)21-18(26)20-11-16(23)22-15(17(24)25)10-12-4-2-1-3-5-12/h2,4-9,15H,1,3,10-11H2,(H,22,23)(H,24,25)(H2,20,21,26). The molecule has 0 aliphatic heterocycles. The molecule has 0 heterocycles. The van der Waals surface area contributed by atoms with Gasteiger partial charge < -0.3 is 21.1 Å². The van der Waals surface area contributed by atoms with Gasteiger partial charge in [-0.3, -0.25) is 4.79 Å². The molecule has 1 aliphatic carbocycles. The van der Waals surface area contributed by atoms with Gasteiger partial charge in [0.1, 0.15) is 6.04 Å². The minimum Gasteiger partial charge on any atom is -0.480 e. The maximum Gasteiger partial charge on any atom is 0.326 e. The van der Waals surface area contributed by atoms with E-state index >= 15 is 0 Å². The Morgan fingerprint density at radius 1 is 1.15 bits per heavy atom. The van der Waals surface area contributed by atoms with E-state index in [1.54, 1.807) is 24.3 Å². The average molecular weight is 422 g/mol. The topological polar surface area (TPSA) is 108 Å². The molecule has 0 saturated heterocycles. The Morgan fingerprint density at radius 3 is 2.50 bits per heavy atom. The minimum absolute atomic E-state index is 0.211. The summed E-state index contributed by atoms with van der Waals surface area (Å²) in [6, 6.07) is 5.37. The number of anilines is 1. The van der Waals surface area contributed by atoms with Crippen molar-refractivity contribution in [3.8, 4) is 0 Å². The number of carboxylic acids is 1. The molecule has 0 saturated carbocycles. The number of aliphatic carboxylic acids is 1. The van der Waals surface area contributed by atoms with E-state index in [-0.39, 0.29) is 13.0 Å². The van der Waals surface area contributed by atoms with E-state index in [1.807, 2.05) is 18.2 Å². The van der Waals surface area contributed by atoms with E-state index in [0.29, 0.717) is 5.69 Å². The molecule has 1 aliphatic rings. The molecule has 2 rings (SSSR count). The first-order valence-electron chi connectivity index (χ1n) is 8.12. The van der Waals surface area contributed by atoms with Gasteiger partial charge in [0.25, 0.3) is 0 Å². The fourth-order valence-electron chi connectivity index (χ4n) is 2.37. The molecule has 1 unspecified atom stereocenters. The minimum atomic E-state index is -1.11. The number of carbonyl (C=O) groups is 3. The van der Waals surface area contributed by atoms with E-state index in [0.717, 1.165) is 22.9 Å². The zero-order chi connectivity index (χ0) is 18.9. The highest BCUT2D eigenvalue weighted by molar-refractivity contribution is 9.10. The lowest BCUT2D eigenvalue weighted by Gasteiger charge is -2.16. The fourth-order valence-corrected chi connectivity index (χ4v) is 2.63. The van der Waals surface area contributed by atoms with Gasteiger partial charge in [0.15, 0.2) is 0 Å². The van der Waals surface area contributed by atoms with Crippen molar-refractivity contribution in [2.75, 3.05) is 11.9 Å². The summed E-state index contributed by atoms with van der Waals surface area (Å²) in [5, 5.41) is 16.7. The Kier molecular flexibility index (Phi) is 7.40. The summed E-state index contributed by atoms with van der Waals surface area (Å²) in [6.45, 7) is -0.318. The Bertz CT molecular complexity index is 728. The number of hydrogen-bond donors (Lipinski definition) is 4. The van der Waals surface area contributed by atoms with Gasteiger partial charge in [0.2, 0.25) is 5.91 Å². The van der Waals surface area contributed by atoms with Crippen LogP contribution in [-0.4, -0.2) is 35.6 Å². The number of rotatable bonds is 7. The number of benzene rings is 1. The molecule has 8 heteroatoms. The van der Waals surface area contributed by atoms with Crippen LogP contribution in [0.25, 0.3) is 0 Å². The molecule has 26 heavy (non-hydrogen) atoms. The molecule has 7 nitrogen and oxygen atoms in total. The van der Waals surface area contributed by atoms with E-state index in [4.69, 9.17) is 0 Å². The van der Waals surface area contributed by atoms with Gasteiger partial charge in [0, 0.05) is 16.6 Å². The maximum atomic E-state index is 11.9. The smallest absolute Gasteiger partial charge is 0.326 e. The van der Waals surface area contributed by atoms with Crippen molar-refractivity contribution in [2.45, 2.75) is 25.3 Å². The molecule has 138 valence electrons. The predicted octanol–water partition coefficient (Wildman–Crippen LogP) is 2.81. The van der Waals surface area contributed by atoms with Crippen LogP contribution in [0.2, 0.25) is 0 Å². The summed E-state index contributed by atoms with van der Waals surface area (Å²) in [7, 11) is 0. The summed E-state index contributed by atoms with van der Waals surface area (Å²) in [5.74, 6) is -1.68. The quantitative estimate of drug-likeness (QED) is 0.542. The Labute approximate surface area is 159 Å². The van der Waals surface area contributed by atoms with Crippen LogP contribution in [0.1, 0.15) is 19.3 Å². The first-order valence-corrected chi connectivity index (χ1v) is 8.91. The van der Waals surface area contributed by atoms with Gasteiger partial charge in [-0.05, 0) is 42.7 Å². The third kappa shape index (κ3) is 6.72. The number of carboxylic acid groups (broad SMARTS) is 1. The SMILES string of the molecule is O=C(CNC(=O)Nc1ccc(Br)cc1)NC(CC1=CCCC=C1)C(=O)O. The molecule has 0 aromatic heterocycles. The third-order valence-electron chi connectivity index (χ3n) is 3.66. The molecular weight excluding hydrogens is 402 g/mol. The van der Waals surface area contributed by atoms with E-state index in [2.05, 4.69) is 31.9 Å². The second-order valence-corrected chi connectivity index (χ2v) is 6.65. The molecule has 1 aromatic rings. The summed E-state index contributed by atoms with van der Waals surface area (Å²) in [4.78, 5) is 35.1. The molecule has 0 fully saturated rings. The van der Waals surface area contributed by atoms with Crippen molar-refractivity contribution in [3.05, 3.63) is 52.5 Å². The van der Waals surface area contributed by atoms with Crippen molar-refractivity contribution < 1.29 is 19.5 Å². The van der Waals surface area contributed by atoms with Crippen molar-refractivity contribution in [2.24, 2.45) is 0 Å². The van der Waals surface area contributed by atoms with Crippen molar-refractivity contribution in [1.29, 1.82) is 0 Å². The average Bonchev–Trinajstić information content (AvgIpc) is 2.62. The molecule has 0 spiro atoms. The Hall–Kier alpha value is -2.61. The summed E-state index contributed by atoms with van der Waals surface area (Å²) >= 11 is 3.29. The lowest BCUT2D eigenvalue weighted by atomic mass is 10.00. The molecule has 0 radical (unpaired) electrons. The summed E-state index contributed by atoms with van der Waals surface area (Å²) in [6.07, 6.45) is 7.82. The van der Waals surface area contributed by atoms with Gasteiger partial charge in [-0.2, -0.15) is 0 Å². The van der Waals surface area contributed by atoms with Gasteiger partial charge in [-0.25, -0.2) is 9.59 Å². The van der Waals surface area contributed by atoms with Gasteiger partial charge >= 0.3 is 12.0 Å². The van der Waals surface area contributed by atoms with Crippen molar-refractivity contribution >= 4 is 39.5 Å². The molecular formula is C18H20BrN3O4. The van der Waals surface area contributed by atoms with E-state index in [1.165, 1.54) is 0 Å². The Balaban J connectivity index is 1.79. The lowest BCUT2D eigenvalue weighted by Crippen LogP contribution is -2.46. The van der Waals surface area contributed by atoms with Crippen molar-refractivity contribution in [1.82, 2.24) is 10.6 Å². The van der Waals surface area contributed by atoms with Crippen molar-refractivity contribution in [3.63, 3.8) is 0 Å². The van der Waals surface area contributed by atoms with Crippen LogP contribution < -0.4 is 16.0 Å². The van der Waals surface area contributed by atoms with Crippen LogP contribution in [0.15, 0.2) is 52.5 Å². The number of allylic oxidation sites excluding steroid dienone is 3. The molecule has 1 atom stereocenters. The highest BCUT2D eigenvalue weighted by Crippen LogP contribution is 2.15. The number of carbonyl (C=O) groups excluding carboxylic acids is 2. The monoisotopic (exact) mass is 421 g/mol. The Morgan fingerprint density at radius 2 is 1.88 bits per heavy atom. The van der Waals surface area contributed by atoms with Crippen LogP contribution in [0.3, 0.4) is 0 Å². The van der Waals surface area contributed by atoms with E-state index < -0.39 is 23.9 Å². The number of halogens is 1. The first kappa shape index (κ1) is 19.7. The highest BCUT2D eigenvalue weighted by atomic mass is 79.9. The summed E-state index contributed by atoms with van der Waals surface area (Å²) in [5.41, 5.74) is 1.45. The highest BCUT2D eigenvalue weighted by Gasteiger charge is 2.21. The van der Waals surface area contributed by atoms with Gasteiger partial charge in [0.05, 0.1) is 6.54 Å². The number of nitrogens with one attached hydrogen (secondary N) is 3. The van der Waals surface area contributed by atoms with Crippen LogP contribution >= 0.6 is 15.9 Å². The van der Waals surface area contributed by atoms with E-state index in [9.17, 15) is 19.5 Å². The number of hydrogen-bond acceptors (Lipinski definition) is 3. The second-order valence-electron chi connectivity index (χ2n) is 5.74. The van der Waals surface area contributed by atoms with Crippen LogP contribution in [0, 0.1) is 0 Å². The van der Waals surface area contributed by atoms with Crippen LogP contribution in [0.5, 0.6) is 0 Å². The number of urea groups is 1. The number of amides is 3. The largest absolute Gasteiger partial charge is 0.480 e. The molecule has 4 N–H and O–H groups in total. The fraction of sp³-hybridized carbons (Fsp3) is 0.278. The summed E-state index contributed by atoms with van der Waals surface area (Å²) < 4.78 is 0.880. The van der Waals surface area contributed by atoms with Gasteiger partial charge in [-0.15, -0.1) is 0 Å². The first-order chi connectivity index (χ1) is 12.4. The van der Waals surface area contributed by atoms with Gasteiger partial charge in [-0.1, -0.05) is 34.2 Å². The zero-order valence-electron chi connectivity index (χ0n) is 14.0. The third-order valence-corrected chi connectivity index (χ3v) is 4.19. The predicted molar refractivity (Wildman–Crippen MR) is 102 cm³/mol.